The molecule has 0 spiro atoms. The van der Waals surface area contributed by atoms with Crippen LogP contribution < -0.4 is 10.6 Å². The number of hydrogen-bond donors (Lipinski definition) is 2. The van der Waals surface area contributed by atoms with Crippen LogP contribution in [0.3, 0.4) is 0 Å². The van der Waals surface area contributed by atoms with Crippen LogP contribution in [0.15, 0.2) is 55.0 Å². The molecule has 0 aliphatic rings. The van der Waals surface area contributed by atoms with Crippen LogP contribution in [0.1, 0.15) is 24.8 Å². The van der Waals surface area contributed by atoms with Crippen LogP contribution >= 0.6 is 0 Å². The minimum Gasteiger partial charge on any atom is -0.359 e. The van der Waals surface area contributed by atoms with Crippen molar-refractivity contribution < 1.29 is 4.79 Å². The molecular weight excluding hydrogens is 324 g/mol. The van der Waals surface area contributed by atoms with Crippen LogP contribution in [0, 0.1) is 0 Å². The van der Waals surface area contributed by atoms with E-state index in [9.17, 15) is 4.79 Å². The molecule has 0 fully saturated rings. The third-order valence-corrected chi connectivity index (χ3v) is 4.10. The molecule has 0 radical (unpaired) electrons. The first-order valence-corrected chi connectivity index (χ1v) is 8.99. The van der Waals surface area contributed by atoms with Gasteiger partial charge in [-0.3, -0.25) is 9.78 Å². The Morgan fingerprint density at radius 2 is 1.85 bits per heavy atom. The number of pyridine rings is 1. The maximum atomic E-state index is 11.3. The first-order chi connectivity index (χ1) is 12.7. The summed E-state index contributed by atoms with van der Waals surface area (Å²) in [5.74, 6) is 0.114. The third-order valence-electron chi connectivity index (χ3n) is 4.10. The van der Waals surface area contributed by atoms with Crippen molar-refractivity contribution >= 4 is 16.8 Å². The van der Waals surface area contributed by atoms with E-state index in [0.717, 1.165) is 24.9 Å². The Morgan fingerprint density at radius 3 is 2.54 bits per heavy atom. The first kappa shape index (κ1) is 19.7. The van der Waals surface area contributed by atoms with Gasteiger partial charge in [0, 0.05) is 31.2 Å². The van der Waals surface area contributed by atoms with Crippen molar-refractivity contribution in [3.05, 3.63) is 60.6 Å². The van der Waals surface area contributed by atoms with Gasteiger partial charge in [0.25, 0.3) is 0 Å². The smallest absolute Gasteiger partial charge is 0.219 e. The van der Waals surface area contributed by atoms with E-state index in [1.807, 2.05) is 26.4 Å². The van der Waals surface area contributed by atoms with Crippen LogP contribution in [0.2, 0.25) is 0 Å². The van der Waals surface area contributed by atoms with Crippen molar-refractivity contribution in [2.24, 2.45) is 0 Å². The molecule has 1 aromatic carbocycles. The maximum absolute atomic E-state index is 11.3. The lowest BCUT2D eigenvalue weighted by Gasteiger charge is -2.03. The summed E-state index contributed by atoms with van der Waals surface area (Å²) >= 11 is 0. The number of aromatic nitrogens is 2. The molecule has 0 unspecified atom stereocenters. The Morgan fingerprint density at radius 1 is 1.08 bits per heavy atom. The second-order valence-corrected chi connectivity index (χ2v) is 6.13. The van der Waals surface area contributed by atoms with Gasteiger partial charge in [-0.2, -0.15) is 0 Å². The monoisotopic (exact) mass is 352 g/mol. The molecule has 0 saturated carbocycles. The van der Waals surface area contributed by atoms with Gasteiger partial charge in [-0.25, -0.2) is 0 Å². The quantitative estimate of drug-likeness (QED) is 0.669. The van der Waals surface area contributed by atoms with Crippen LogP contribution in [-0.4, -0.2) is 36.6 Å². The molecule has 3 rings (SSSR count). The number of para-hydroxylation sites is 1. The Labute approximate surface area is 155 Å². The summed E-state index contributed by atoms with van der Waals surface area (Å²) < 4.78 is 2.19. The lowest BCUT2D eigenvalue weighted by molar-refractivity contribution is -0.120. The second kappa shape index (κ2) is 10.4. The summed E-state index contributed by atoms with van der Waals surface area (Å²) in [4.78, 5) is 15.5. The van der Waals surface area contributed by atoms with E-state index >= 15 is 0 Å². The van der Waals surface area contributed by atoms with Crippen LogP contribution in [0.25, 0.3) is 16.6 Å². The number of nitrogens with one attached hydrogen (secondary N) is 2. The van der Waals surface area contributed by atoms with Crippen LogP contribution in [-0.2, 0) is 11.2 Å². The van der Waals surface area contributed by atoms with Crippen molar-refractivity contribution in [2.75, 3.05) is 21.1 Å². The molecule has 26 heavy (non-hydrogen) atoms. The van der Waals surface area contributed by atoms with Gasteiger partial charge in [-0.1, -0.05) is 18.2 Å². The standard InChI is InChI=1S/C19H21N3O.C2H7N/c1-20-19(23)11-5-2-7-15-14-22(16-8-6-12-21-13-16)18-10-4-3-9-17(15)18;1-3-2/h3-4,6,8-10,12-14H,2,5,7,11H2,1H3,(H,20,23);3H,1-2H3. The highest BCUT2D eigenvalue weighted by Gasteiger charge is 2.09. The number of nitrogens with zero attached hydrogens (tertiary/aromatic N) is 2. The summed E-state index contributed by atoms with van der Waals surface area (Å²) in [6, 6.07) is 12.4. The molecule has 1 amide bonds. The molecule has 5 nitrogen and oxygen atoms in total. The number of rotatable bonds is 6. The Hall–Kier alpha value is -2.66. The SMILES string of the molecule is CNC.CNC(=O)CCCCc1cn(-c2cccnc2)c2ccccc12. The highest BCUT2D eigenvalue weighted by Crippen LogP contribution is 2.25. The molecule has 0 aliphatic carbocycles. The zero-order valence-electron chi connectivity index (χ0n) is 15.8. The summed E-state index contributed by atoms with van der Waals surface area (Å²) in [5, 5.41) is 6.69. The fourth-order valence-electron chi connectivity index (χ4n) is 2.89. The highest BCUT2D eigenvalue weighted by molar-refractivity contribution is 5.85. The van der Waals surface area contributed by atoms with Gasteiger partial charge in [-0.15, -0.1) is 0 Å². The minimum atomic E-state index is 0.114. The summed E-state index contributed by atoms with van der Waals surface area (Å²) in [7, 11) is 5.43. The molecule has 2 aromatic heterocycles. The molecule has 0 aliphatic heterocycles. The number of unbranched alkanes of at least 4 members (excludes halogenated alkanes) is 1. The van der Waals surface area contributed by atoms with Crippen molar-refractivity contribution in [1.82, 2.24) is 20.2 Å². The van der Waals surface area contributed by atoms with E-state index in [4.69, 9.17) is 0 Å². The zero-order valence-corrected chi connectivity index (χ0v) is 15.8. The molecule has 0 atom stereocenters. The van der Waals surface area contributed by atoms with Gasteiger partial charge in [-0.05, 0) is 57.1 Å². The number of aryl methyl sites for hydroxylation is 1. The molecule has 3 aromatic rings. The van der Waals surface area contributed by atoms with Crippen LogP contribution in [0.4, 0.5) is 0 Å². The fraction of sp³-hybridized carbons (Fsp3) is 0.333. The van der Waals surface area contributed by atoms with Gasteiger partial charge >= 0.3 is 0 Å². The maximum Gasteiger partial charge on any atom is 0.219 e. The first-order valence-electron chi connectivity index (χ1n) is 8.99. The second-order valence-electron chi connectivity index (χ2n) is 6.13. The molecule has 2 heterocycles. The van der Waals surface area contributed by atoms with E-state index in [0.29, 0.717) is 6.42 Å². The summed E-state index contributed by atoms with van der Waals surface area (Å²) in [6.45, 7) is 0. The number of fused-ring (bicyclic) bond motifs is 1. The Bertz CT molecular complexity index is 811. The molecule has 0 bridgehead atoms. The fourth-order valence-corrected chi connectivity index (χ4v) is 2.89. The third kappa shape index (κ3) is 5.17. The largest absolute Gasteiger partial charge is 0.359 e. The number of benzene rings is 1. The molecule has 5 heteroatoms. The molecule has 2 N–H and O–H groups in total. The van der Waals surface area contributed by atoms with E-state index in [-0.39, 0.29) is 5.91 Å². The average Bonchev–Trinajstić information content (AvgIpc) is 3.05. The van der Waals surface area contributed by atoms with Crippen LogP contribution in [0.5, 0.6) is 0 Å². The lowest BCUT2D eigenvalue weighted by Crippen LogP contribution is -2.16. The van der Waals surface area contributed by atoms with Gasteiger partial charge in [0.2, 0.25) is 5.91 Å². The summed E-state index contributed by atoms with van der Waals surface area (Å²) in [5.41, 5.74) is 3.59. The van der Waals surface area contributed by atoms with Gasteiger partial charge < -0.3 is 15.2 Å². The van der Waals surface area contributed by atoms with Crippen molar-refractivity contribution in [3.63, 3.8) is 0 Å². The molecular formula is C21H28N4O. The van der Waals surface area contributed by atoms with E-state index < -0.39 is 0 Å². The predicted octanol–water partition coefficient (Wildman–Crippen LogP) is 3.32. The van der Waals surface area contributed by atoms with Crippen molar-refractivity contribution in [3.8, 4) is 5.69 Å². The zero-order chi connectivity index (χ0) is 18.8. The normalized spacial score (nSPS) is 10.3. The number of carbonyl (C=O) groups is 1. The van der Waals surface area contributed by atoms with Gasteiger partial charge in [0.1, 0.15) is 0 Å². The van der Waals surface area contributed by atoms with E-state index in [1.165, 1.54) is 16.5 Å². The Kier molecular flexibility index (Phi) is 7.83. The predicted molar refractivity (Wildman–Crippen MR) is 108 cm³/mol. The van der Waals surface area contributed by atoms with E-state index in [1.54, 1.807) is 13.2 Å². The van der Waals surface area contributed by atoms with Crippen molar-refractivity contribution in [1.29, 1.82) is 0 Å². The highest BCUT2D eigenvalue weighted by atomic mass is 16.1. The molecule has 0 saturated heterocycles. The van der Waals surface area contributed by atoms with Crippen molar-refractivity contribution in [2.45, 2.75) is 25.7 Å². The number of carbonyl (C=O) groups excluding carboxylic acids is 1. The summed E-state index contributed by atoms with van der Waals surface area (Å²) in [6.07, 6.45) is 9.35. The minimum absolute atomic E-state index is 0.114. The lowest BCUT2D eigenvalue weighted by atomic mass is 10.1. The van der Waals surface area contributed by atoms with E-state index in [2.05, 4.69) is 56.7 Å². The Balaban J connectivity index is 0.000000758. The number of amides is 1. The van der Waals surface area contributed by atoms with Gasteiger partial charge in [0.05, 0.1) is 17.4 Å². The average molecular weight is 352 g/mol. The number of hydrogen-bond acceptors (Lipinski definition) is 3. The topological polar surface area (TPSA) is 58.9 Å². The van der Waals surface area contributed by atoms with Gasteiger partial charge in [0.15, 0.2) is 0 Å². The molecule has 138 valence electrons.